The minimum absolute atomic E-state index is 0.212. The van der Waals surface area contributed by atoms with Gasteiger partial charge in [0.1, 0.15) is 17.5 Å². The third-order valence-corrected chi connectivity index (χ3v) is 10.6. The first kappa shape index (κ1) is 28.5. The number of ether oxygens (including phenoxy) is 1. The normalized spacial score (nSPS) is 22.2. The van der Waals surface area contributed by atoms with Gasteiger partial charge in [-0.05, 0) is 49.1 Å². The highest BCUT2D eigenvalue weighted by molar-refractivity contribution is 8.00. The number of amides is 3. The Morgan fingerprint density at radius 1 is 0.976 bits per heavy atom. The van der Waals surface area contributed by atoms with Crippen LogP contribution in [0.4, 0.5) is 18.9 Å². The fourth-order valence-electron chi connectivity index (χ4n) is 5.95. The Kier molecular flexibility index (Phi) is 7.42. The SMILES string of the molecule is COc1ccc([C@H]2c3sc(=O)n(CC(=O)N4CCCCC4)c3SC3C(=O)N(c4ccccc4C(F)(F)F)C(=O)C32)cc1. The molecule has 42 heavy (non-hydrogen) atoms. The number of carbonyl (C=O) groups excluding carboxylic acids is 3. The summed E-state index contributed by atoms with van der Waals surface area (Å²) in [6.07, 6.45) is -2.00. The van der Waals surface area contributed by atoms with Crippen LogP contribution < -0.4 is 14.5 Å². The summed E-state index contributed by atoms with van der Waals surface area (Å²) < 4.78 is 48.4. The number of carbonyl (C=O) groups is 3. The van der Waals surface area contributed by atoms with E-state index in [9.17, 15) is 32.3 Å². The fraction of sp³-hybridized carbons (Fsp3) is 0.379. The van der Waals surface area contributed by atoms with Crippen molar-refractivity contribution in [1.82, 2.24) is 9.47 Å². The number of anilines is 1. The molecule has 6 rings (SSSR count). The summed E-state index contributed by atoms with van der Waals surface area (Å²) >= 11 is 1.88. The number of hydrogen-bond donors (Lipinski definition) is 0. The molecule has 3 aromatic rings. The lowest BCUT2D eigenvalue weighted by Crippen LogP contribution is -2.39. The number of fused-ring (bicyclic) bond motifs is 2. The van der Waals surface area contributed by atoms with Gasteiger partial charge < -0.3 is 9.64 Å². The Morgan fingerprint density at radius 3 is 2.33 bits per heavy atom. The highest BCUT2D eigenvalue weighted by atomic mass is 32.2. The van der Waals surface area contributed by atoms with E-state index in [1.165, 1.54) is 23.8 Å². The number of likely N-dealkylation sites (tertiary alicyclic amines) is 1. The predicted octanol–water partition coefficient (Wildman–Crippen LogP) is 4.75. The van der Waals surface area contributed by atoms with E-state index < -0.39 is 51.2 Å². The third-order valence-electron chi connectivity index (χ3n) is 7.98. The molecule has 13 heteroatoms. The Hall–Kier alpha value is -3.58. The van der Waals surface area contributed by atoms with Crippen LogP contribution in [0.5, 0.6) is 5.75 Å². The van der Waals surface area contributed by atoms with Crippen molar-refractivity contribution in [1.29, 1.82) is 0 Å². The third kappa shape index (κ3) is 4.81. The molecule has 2 saturated heterocycles. The monoisotopic (exact) mass is 617 g/mol. The number of piperidine rings is 1. The van der Waals surface area contributed by atoms with Crippen molar-refractivity contribution in [3.63, 3.8) is 0 Å². The lowest BCUT2D eigenvalue weighted by molar-refractivity contribution is -0.137. The Morgan fingerprint density at radius 2 is 1.67 bits per heavy atom. The first-order chi connectivity index (χ1) is 20.1. The lowest BCUT2D eigenvalue weighted by Gasteiger charge is -2.31. The Bertz CT molecular complexity index is 1610. The van der Waals surface area contributed by atoms with Gasteiger partial charge in [0.15, 0.2) is 0 Å². The van der Waals surface area contributed by atoms with Gasteiger partial charge in [-0.1, -0.05) is 47.4 Å². The average Bonchev–Trinajstić information content (AvgIpc) is 3.43. The van der Waals surface area contributed by atoms with Crippen LogP contribution in [-0.4, -0.2) is 52.6 Å². The van der Waals surface area contributed by atoms with Gasteiger partial charge in [-0.25, -0.2) is 4.90 Å². The number of halogens is 3. The maximum absolute atomic E-state index is 14.0. The van der Waals surface area contributed by atoms with E-state index >= 15 is 0 Å². The second-order valence-corrected chi connectivity index (χ2v) is 12.5. The average molecular weight is 618 g/mol. The van der Waals surface area contributed by atoms with E-state index in [1.54, 1.807) is 29.2 Å². The summed E-state index contributed by atoms with van der Waals surface area (Å²) in [5.74, 6) is -3.07. The number of thioether (sulfide) groups is 1. The Labute approximate surface area is 247 Å². The smallest absolute Gasteiger partial charge is 0.418 e. The zero-order valence-corrected chi connectivity index (χ0v) is 24.1. The number of imide groups is 1. The second-order valence-electron chi connectivity index (χ2n) is 10.4. The van der Waals surface area contributed by atoms with Gasteiger partial charge in [-0.15, -0.1) is 0 Å². The van der Waals surface area contributed by atoms with Gasteiger partial charge in [-0.3, -0.25) is 23.7 Å². The summed E-state index contributed by atoms with van der Waals surface area (Å²) in [6, 6.07) is 11.3. The molecule has 3 aliphatic rings. The van der Waals surface area contributed by atoms with Crippen molar-refractivity contribution in [3.8, 4) is 5.75 Å². The van der Waals surface area contributed by atoms with E-state index in [0.29, 0.717) is 39.2 Å². The molecule has 2 unspecified atom stereocenters. The summed E-state index contributed by atoms with van der Waals surface area (Å²) in [4.78, 5) is 56.7. The lowest BCUT2D eigenvalue weighted by atomic mass is 9.83. The number of methoxy groups -OCH3 is 1. The highest BCUT2D eigenvalue weighted by Crippen LogP contribution is 2.54. The first-order valence-corrected chi connectivity index (χ1v) is 15.2. The van der Waals surface area contributed by atoms with Crippen LogP contribution in [-0.2, 0) is 27.1 Å². The van der Waals surface area contributed by atoms with E-state index in [0.717, 1.165) is 54.5 Å². The van der Waals surface area contributed by atoms with Gasteiger partial charge in [0, 0.05) is 23.9 Å². The van der Waals surface area contributed by atoms with Crippen LogP contribution >= 0.6 is 23.1 Å². The standard InChI is InChI=1S/C29H26F3N3O5S2/c1-40-17-11-9-16(10-12-17)21-22-23(26(38)35(25(22)37)19-8-4-3-7-18(19)29(30,31)32)41-27-24(21)42-28(39)34(27)15-20(36)33-13-5-2-6-14-33/h3-4,7-12,21-23H,2,5-6,13-15H2,1H3/t21-,22?,23?/m1/s1. The molecule has 2 aromatic carbocycles. The number of nitrogens with zero attached hydrogens (tertiary/aromatic N) is 3. The van der Waals surface area contributed by atoms with Crippen LogP contribution in [0.1, 0.15) is 41.2 Å². The minimum atomic E-state index is -4.79. The summed E-state index contributed by atoms with van der Waals surface area (Å²) in [5.41, 5.74) is -1.00. The molecule has 8 nitrogen and oxygen atoms in total. The molecule has 0 bridgehead atoms. The Balaban J connectivity index is 1.45. The van der Waals surface area contributed by atoms with Crippen LogP contribution in [0.2, 0.25) is 0 Å². The van der Waals surface area contributed by atoms with Crippen molar-refractivity contribution >= 4 is 46.5 Å². The molecule has 0 radical (unpaired) electrons. The van der Waals surface area contributed by atoms with Crippen molar-refractivity contribution in [3.05, 3.63) is 74.2 Å². The van der Waals surface area contributed by atoms with Gasteiger partial charge >= 0.3 is 11.0 Å². The molecule has 0 N–H and O–H groups in total. The molecule has 1 aromatic heterocycles. The van der Waals surface area contributed by atoms with Gasteiger partial charge in [0.2, 0.25) is 17.7 Å². The van der Waals surface area contributed by atoms with Crippen LogP contribution in [0, 0.1) is 5.92 Å². The van der Waals surface area contributed by atoms with E-state index in [1.807, 2.05) is 0 Å². The number of para-hydroxylation sites is 1. The molecule has 3 atom stereocenters. The number of benzene rings is 2. The second kappa shape index (κ2) is 10.9. The zero-order valence-electron chi connectivity index (χ0n) is 22.4. The molecule has 0 saturated carbocycles. The van der Waals surface area contributed by atoms with E-state index in [-0.39, 0.29) is 12.5 Å². The maximum atomic E-state index is 14.0. The largest absolute Gasteiger partial charge is 0.497 e. The number of aromatic nitrogens is 1. The minimum Gasteiger partial charge on any atom is -0.497 e. The van der Waals surface area contributed by atoms with Gasteiger partial charge in [-0.2, -0.15) is 13.2 Å². The number of thiazole rings is 1. The molecular formula is C29H26F3N3O5S2. The van der Waals surface area contributed by atoms with Gasteiger partial charge in [0.05, 0.1) is 29.3 Å². The number of hydrogen-bond acceptors (Lipinski definition) is 7. The molecule has 2 fully saturated rings. The fourth-order valence-corrected chi connectivity index (χ4v) is 8.72. The molecule has 0 spiro atoms. The molecule has 0 aliphatic carbocycles. The van der Waals surface area contributed by atoms with Crippen molar-refractivity contribution in [2.45, 2.75) is 48.2 Å². The predicted molar refractivity (Wildman–Crippen MR) is 151 cm³/mol. The van der Waals surface area contributed by atoms with E-state index in [2.05, 4.69) is 0 Å². The first-order valence-electron chi connectivity index (χ1n) is 13.5. The number of alkyl halides is 3. The van der Waals surface area contributed by atoms with E-state index in [4.69, 9.17) is 4.74 Å². The van der Waals surface area contributed by atoms with Gasteiger partial charge in [0.25, 0.3) is 0 Å². The molecule has 3 amide bonds. The summed E-state index contributed by atoms with van der Waals surface area (Å²) in [7, 11) is 1.50. The maximum Gasteiger partial charge on any atom is 0.418 e. The molecule has 3 aliphatic heterocycles. The van der Waals surface area contributed by atoms with Crippen molar-refractivity contribution in [2.24, 2.45) is 5.92 Å². The molecular weight excluding hydrogens is 591 g/mol. The molecule has 220 valence electrons. The van der Waals surface area contributed by atoms with Crippen molar-refractivity contribution in [2.75, 3.05) is 25.1 Å². The number of rotatable bonds is 5. The van der Waals surface area contributed by atoms with Crippen LogP contribution in [0.15, 0.2) is 58.4 Å². The molecule has 4 heterocycles. The van der Waals surface area contributed by atoms with Crippen molar-refractivity contribution < 1.29 is 32.3 Å². The summed E-state index contributed by atoms with van der Waals surface area (Å²) in [5, 5.41) is -0.701. The van der Waals surface area contributed by atoms with Crippen LogP contribution in [0.3, 0.4) is 0 Å². The summed E-state index contributed by atoms with van der Waals surface area (Å²) in [6.45, 7) is 0.993. The quantitative estimate of drug-likeness (QED) is 0.385. The highest BCUT2D eigenvalue weighted by Gasteiger charge is 2.57. The topological polar surface area (TPSA) is 88.9 Å². The van der Waals surface area contributed by atoms with Crippen LogP contribution in [0.25, 0.3) is 0 Å². The zero-order chi connectivity index (χ0) is 29.8.